The molecule has 1 aromatic rings. The van der Waals surface area contributed by atoms with Gasteiger partial charge in [0.2, 0.25) is 0 Å². The highest BCUT2D eigenvalue weighted by Gasteiger charge is 2.23. The van der Waals surface area contributed by atoms with Crippen molar-refractivity contribution in [1.82, 2.24) is 5.32 Å². The van der Waals surface area contributed by atoms with Gasteiger partial charge < -0.3 is 10.4 Å². The smallest absolute Gasteiger partial charge is 0.137 e. The molecule has 2 unspecified atom stereocenters. The third-order valence-corrected chi connectivity index (χ3v) is 4.23. The molecule has 4 heteroatoms. The fourth-order valence-electron chi connectivity index (χ4n) is 2.18. The van der Waals surface area contributed by atoms with Crippen molar-refractivity contribution in [3.05, 3.63) is 29.6 Å². The Morgan fingerprint density at radius 3 is 3.18 bits per heavy atom. The molecular formula is C13H18FNOS. The van der Waals surface area contributed by atoms with E-state index in [-0.39, 0.29) is 24.5 Å². The quantitative estimate of drug-likeness (QED) is 0.867. The van der Waals surface area contributed by atoms with Crippen LogP contribution in [0.5, 0.6) is 0 Å². The van der Waals surface area contributed by atoms with Crippen LogP contribution in [-0.4, -0.2) is 23.5 Å². The molecule has 0 fully saturated rings. The third kappa shape index (κ3) is 3.00. The second-order valence-electron chi connectivity index (χ2n) is 4.43. The van der Waals surface area contributed by atoms with Gasteiger partial charge in [-0.1, -0.05) is 12.1 Å². The van der Waals surface area contributed by atoms with E-state index in [4.69, 9.17) is 5.11 Å². The lowest BCUT2D eigenvalue weighted by molar-refractivity contribution is 0.262. The Hall–Kier alpha value is -0.580. The number of hydrogen-bond donors (Lipinski definition) is 2. The number of halogens is 1. The number of hydrogen-bond acceptors (Lipinski definition) is 3. The summed E-state index contributed by atoms with van der Waals surface area (Å²) in [6.07, 6.45) is 1.74. The van der Waals surface area contributed by atoms with Crippen LogP contribution in [0.15, 0.2) is 23.1 Å². The Labute approximate surface area is 106 Å². The summed E-state index contributed by atoms with van der Waals surface area (Å²) in [7, 11) is 0. The molecule has 2 nitrogen and oxygen atoms in total. The van der Waals surface area contributed by atoms with E-state index in [0.29, 0.717) is 0 Å². The molecule has 1 aliphatic heterocycles. The molecule has 0 radical (unpaired) electrons. The van der Waals surface area contributed by atoms with E-state index in [2.05, 4.69) is 12.2 Å². The molecular weight excluding hydrogens is 237 g/mol. The predicted octanol–water partition coefficient (Wildman–Crippen LogP) is 2.72. The van der Waals surface area contributed by atoms with Crippen LogP contribution in [-0.2, 0) is 0 Å². The fourth-order valence-corrected chi connectivity index (χ4v) is 3.32. The maximum Gasteiger partial charge on any atom is 0.137 e. The van der Waals surface area contributed by atoms with Crippen molar-refractivity contribution < 1.29 is 9.50 Å². The molecule has 2 N–H and O–H groups in total. The first kappa shape index (κ1) is 12.9. The van der Waals surface area contributed by atoms with Crippen LogP contribution in [0.4, 0.5) is 4.39 Å². The number of nitrogens with one attached hydrogen (secondary N) is 1. The van der Waals surface area contributed by atoms with Crippen LogP contribution in [0.1, 0.15) is 31.4 Å². The highest BCUT2D eigenvalue weighted by Crippen LogP contribution is 2.37. The van der Waals surface area contributed by atoms with Crippen molar-refractivity contribution in [2.45, 2.75) is 36.7 Å². The van der Waals surface area contributed by atoms with Crippen LogP contribution in [0.25, 0.3) is 0 Å². The van der Waals surface area contributed by atoms with Crippen LogP contribution in [0.2, 0.25) is 0 Å². The molecule has 2 atom stereocenters. The van der Waals surface area contributed by atoms with Crippen molar-refractivity contribution in [3.63, 3.8) is 0 Å². The summed E-state index contributed by atoms with van der Waals surface area (Å²) in [5, 5.41) is 12.4. The summed E-state index contributed by atoms with van der Waals surface area (Å²) in [6, 6.07) is 5.75. The minimum atomic E-state index is -0.117. The summed E-state index contributed by atoms with van der Waals surface area (Å²) < 4.78 is 13.6. The molecule has 0 spiro atoms. The third-order valence-electron chi connectivity index (χ3n) is 3.07. The van der Waals surface area contributed by atoms with Gasteiger partial charge in [-0.2, -0.15) is 0 Å². The van der Waals surface area contributed by atoms with Gasteiger partial charge in [-0.05, 0) is 37.1 Å². The number of aliphatic hydroxyl groups is 1. The van der Waals surface area contributed by atoms with Gasteiger partial charge in [-0.3, -0.25) is 0 Å². The molecule has 94 valence electrons. The fraction of sp³-hybridized carbons (Fsp3) is 0.538. The average Bonchev–Trinajstić information content (AvgIpc) is 2.31. The second kappa shape index (κ2) is 5.85. The van der Waals surface area contributed by atoms with E-state index in [1.807, 2.05) is 6.07 Å². The predicted molar refractivity (Wildman–Crippen MR) is 68.8 cm³/mol. The van der Waals surface area contributed by atoms with E-state index < -0.39 is 0 Å². The minimum absolute atomic E-state index is 0.117. The lowest BCUT2D eigenvalue weighted by atomic mass is 10.0. The van der Waals surface area contributed by atoms with Gasteiger partial charge >= 0.3 is 0 Å². The molecule has 0 aliphatic carbocycles. The summed E-state index contributed by atoms with van der Waals surface area (Å²) in [5.74, 6) is 0.825. The largest absolute Gasteiger partial charge is 0.396 e. The van der Waals surface area contributed by atoms with E-state index in [0.717, 1.165) is 29.1 Å². The molecule has 0 saturated heterocycles. The Bertz CT molecular complexity index is 386. The van der Waals surface area contributed by atoms with Crippen LogP contribution in [0.3, 0.4) is 0 Å². The number of fused-ring (bicyclic) bond motifs is 1. The SMILES string of the molecule is CC(CCO)NC1CCSc2c(F)cccc21. The molecule has 1 aliphatic rings. The monoisotopic (exact) mass is 255 g/mol. The number of benzene rings is 1. The Morgan fingerprint density at radius 2 is 2.41 bits per heavy atom. The van der Waals surface area contributed by atoms with Crippen molar-refractivity contribution in [1.29, 1.82) is 0 Å². The van der Waals surface area contributed by atoms with Gasteiger partial charge in [0.15, 0.2) is 0 Å². The second-order valence-corrected chi connectivity index (χ2v) is 5.53. The molecule has 17 heavy (non-hydrogen) atoms. The summed E-state index contributed by atoms with van der Waals surface area (Å²) in [4.78, 5) is 0.785. The van der Waals surface area contributed by atoms with Gasteiger partial charge in [0.25, 0.3) is 0 Å². The first-order valence-corrected chi connectivity index (χ1v) is 6.99. The van der Waals surface area contributed by atoms with Gasteiger partial charge in [-0.25, -0.2) is 4.39 Å². The van der Waals surface area contributed by atoms with E-state index >= 15 is 0 Å². The van der Waals surface area contributed by atoms with Crippen molar-refractivity contribution >= 4 is 11.8 Å². The zero-order valence-corrected chi connectivity index (χ0v) is 10.8. The Morgan fingerprint density at radius 1 is 1.59 bits per heavy atom. The summed E-state index contributed by atoms with van der Waals surface area (Å²) in [5.41, 5.74) is 1.06. The lowest BCUT2D eigenvalue weighted by Crippen LogP contribution is -2.33. The van der Waals surface area contributed by atoms with Gasteiger partial charge in [0, 0.05) is 23.6 Å². The standard InChI is InChI=1S/C13H18FNOS/c1-9(5-7-16)15-12-6-8-17-13-10(12)3-2-4-11(13)14/h2-4,9,12,15-16H,5-8H2,1H3. The van der Waals surface area contributed by atoms with E-state index in [9.17, 15) is 4.39 Å². The zero-order valence-electron chi connectivity index (χ0n) is 9.95. The molecule has 0 bridgehead atoms. The molecule has 0 saturated carbocycles. The van der Waals surface area contributed by atoms with Crippen molar-refractivity contribution in [2.75, 3.05) is 12.4 Å². The van der Waals surface area contributed by atoms with Crippen molar-refractivity contribution in [2.24, 2.45) is 0 Å². The maximum absolute atomic E-state index is 13.6. The number of thioether (sulfide) groups is 1. The average molecular weight is 255 g/mol. The van der Waals surface area contributed by atoms with Crippen LogP contribution < -0.4 is 5.32 Å². The minimum Gasteiger partial charge on any atom is -0.396 e. The molecule has 2 rings (SSSR count). The van der Waals surface area contributed by atoms with Crippen molar-refractivity contribution in [3.8, 4) is 0 Å². The normalized spacial score (nSPS) is 21.0. The Balaban J connectivity index is 2.14. The number of rotatable bonds is 4. The maximum atomic E-state index is 13.6. The zero-order chi connectivity index (χ0) is 12.3. The topological polar surface area (TPSA) is 32.3 Å². The lowest BCUT2D eigenvalue weighted by Gasteiger charge is -2.28. The summed E-state index contributed by atoms with van der Waals surface area (Å²) >= 11 is 1.60. The number of aliphatic hydroxyl groups excluding tert-OH is 1. The van der Waals surface area contributed by atoms with Gasteiger partial charge in [0.05, 0.1) is 0 Å². The summed E-state index contributed by atoms with van der Waals surface area (Å²) in [6.45, 7) is 2.24. The van der Waals surface area contributed by atoms with E-state index in [1.165, 1.54) is 6.07 Å². The molecule has 1 heterocycles. The molecule has 0 aromatic heterocycles. The van der Waals surface area contributed by atoms with Gasteiger partial charge in [-0.15, -0.1) is 11.8 Å². The van der Waals surface area contributed by atoms with Gasteiger partial charge in [0.1, 0.15) is 5.82 Å². The van der Waals surface area contributed by atoms with Crippen LogP contribution >= 0.6 is 11.8 Å². The molecule has 0 amide bonds. The molecule has 1 aromatic carbocycles. The highest BCUT2D eigenvalue weighted by molar-refractivity contribution is 7.99. The highest BCUT2D eigenvalue weighted by atomic mass is 32.2. The first-order chi connectivity index (χ1) is 8.22. The van der Waals surface area contributed by atoms with Crippen LogP contribution in [0, 0.1) is 5.82 Å². The first-order valence-electron chi connectivity index (χ1n) is 6.00. The van der Waals surface area contributed by atoms with E-state index in [1.54, 1.807) is 17.8 Å². The Kier molecular flexibility index (Phi) is 4.42.